The predicted octanol–water partition coefficient (Wildman–Crippen LogP) is 2.87. The molecule has 0 amide bonds. The third-order valence-electron chi connectivity index (χ3n) is 3.64. The maximum absolute atomic E-state index is 11.5. The van der Waals surface area contributed by atoms with Gasteiger partial charge in [-0.2, -0.15) is 0 Å². The van der Waals surface area contributed by atoms with Crippen molar-refractivity contribution < 1.29 is 8.42 Å². The summed E-state index contributed by atoms with van der Waals surface area (Å²) in [5.74, 6) is 0. The summed E-state index contributed by atoms with van der Waals surface area (Å²) in [6.07, 6.45) is 0. The van der Waals surface area contributed by atoms with Crippen molar-refractivity contribution >= 4 is 15.7 Å². The van der Waals surface area contributed by atoms with Crippen LogP contribution in [0, 0.1) is 20.8 Å². The highest BCUT2D eigenvalue weighted by Gasteiger charge is 2.13. The largest absolute Gasteiger partial charge is 0.381 e. The summed E-state index contributed by atoms with van der Waals surface area (Å²) >= 11 is 0. The van der Waals surface area contributed by atoms with Gasteiger partial charge in [-0.1, -0.05) is 24.3 Å². The van der Waals surface area contributed by atoms with Crippen LogP contribution < -0.4 is 10.5 Å². The number of sulfonamides is 1. The maximum atomic E-state index is 11.5. The van der Waals surface area contributed by atoms with Gasteiger partial charge in [0.25, 0.3) is 0 Å². The van der Waals surface area contributed by atoms with Gasteiger partial charge in [0, 0.05) is 12.2 Å². The highest BCUT2D eigenvalue weighted by molar-refractivity contribution is 7.89. The minimum Gasteiger partial charge on any atom is -0.381 e. The average molecular weight is 304 g/mol. The molecule has 0 saturated carbocycles. The van der Waals surface area contributed by atoms with Crippen LogP contribution in [0.2, 0.25) is 0 Å². The van der Waals surface area contributed by atoms with Crippen molar-refractivity contribution in [3.63, 3.8) is 0 Å². The Morgan fingerprint density at radius 2 is 1.76 bits per heavy atom. The number of benzene rings is 2. The molecule has 0 aromatic heterocycles. The topological polar surface area (TPSA) is 72.2 Å². The van der Waals surface area contributed by atoms with E-state index in [0.29, 0.717) is 12.1 Å². The van der Waals surface area contributed by atoms with Crippen LogP contribution in [0.3, 0.4) is 0 Å². The van der Waals surface area contributed by atoms with Crippen molar-refractivity contribution in [3.8, 4) is 0 Å². The Hall–Kier alpha value is -1.85. The highest BCUT2D eigenvalue weighted by atomic mass is 32.2. The smallest absolute Gasteiger partial charge is 0.238 e. The fourth-order valence-corrected chi connectivity index (χ4v) is 3.03. The number of anilines is 1. The Bertz CT molecular complexity index is 768. The highest BCUT2D eigenvalue weighted by Crippen LogP contribution is 2.22. The van der Waals surface area contributed by atoms with E-state index in [0.717, 1.165) is 11.3 Å². The Morgan fingerprint density at radius 1 is 1.05 bits per heavy atom. The average Bonchev–Trinajstić information content (AvgIpc) is 2.40. The molecule has 5 heteroatoms. The molecule has 0 unspecified atom stereocenters. The summed E-state index contributed by atoms with van der Waals surface area (Å²) in [5.41, 5.74) is 5.07. The van der Waals surface area contributed by atoms with Gasteiger partial charge >= 0.3 is 0 Å². The molecule has 0 aliphatic carbocycles. The quantitative estimate of drug-likeness (QED) is 0.912. The number of primary sulfonamides is 1. The summed E-state index contributed by atoms with van der Waals surface area (Å²) < 4.78 is 23.0. The zero-order valence-electron chi connectivity index (χ0n) is 12.5. The SMILES string of the molecule is Cc1ccc(CNc2cccc(S(N)(=O)=O)c2C)cc1C. The number of hydrogen-bond acceptors (Lipinski definition) is 3. The van der Waals surface area contributed by atoms with Crippen molar-refractivity contribution in [2.45, 2.75) is 32.2 Å². The van der Waals surface area contributed by atoms with Gasteiger partial charge in [-0.05, 0) is 55.2 Å². The monoisotopic (exact) mass is 304 g/mol. The molecule has 0 aliphatic rings. The first-order chi connectivity index (χ1) is 9.79. The number of hydrogen-bond donors (Lipinski definition) is 2. The lowest BCUT2D eigenvalue weighted by Crippen LogP contribution is -2.14. The summed E-state index contributed by atoms with van der Waals surface area (Å²) in [7, 11) is -3.69. The molecule has 21 heavy (non-hydrogen) atoms. The van der Waals surface area contributed by atoms with E-state index in [1.807, 2.05) is 6.07 Å². The van der Waals surface area contributed by atoms with E-state index in [4.69, 9.17) is 5.14 Å². The van der Waals surface area contributed by atoms with Gasteiger partial charge in [-0.25, -0.2) is 13.6 Å². The Labute approximate surface area is 126 Å². The van der Waals surface area contributed by atoms with Gasteiger partial charge in [0.05, 0.1) is 4.90 Å². The molecule has 2 rings (SSSR count). The summed E-state index contributed by atoms with van der Waals surface area (Å²) in [6, 6.07) is 11.3. The van der Waals surface area contributed by atoms with Crippen molar-refractivity contribution in [2.75, 3.05) is 5.32 Å². The summed E-state index contributed by atoms with van der Waals surface area (Å²) in [4.78, 5) is 0.160. The van der Waals surface area contributed by atoms with Crippen LogP contribution in [-0.4, -0.2) is 8.42 Å². The third kappa shape index (κ3) is 3.62. The molecule has 112 valence electrons. The fourth-order valence-electron chi connectivity index (χ4n) is 2.22. The number of nitrogens with one attached hydrogen (secondary N) is 1. The van der Waals surface area contributed by atoms with Crippen LogP contribution in [0.25, 0.3) is 0 Å². The normalized spacial score (nSPS) is 11.4. The lowest BCUT2D eigenvalue weighted by molar-refractivity contribution is 0.597. The summed E-state index contributed by atoms with van der Waals surface area (Å²) in [6.45, 7) is 6.54. The molecule has 4 nitrogen and oxygen atoms in total. The zero-order valence-corrected chi connectivity index (χ0v) is 13.3. The van der Waals surface area contributed by atoms with E-state index in [-0.39, 0.29) is 4.90 Å². The predicted molar refractivity (Wildman–Crippen MR) is 85.8 cm³/mol. The van der Waals surface area contributed by atoms with Crippen molar-refractivity contribution in [3.05, 3.63) is 58.7 Å². The van der Waals surface area contributed by atoms with E-state index >= 15 is 0 Å². The lowest BCUT2D eigenvalue weighted by atomic mass is 10.1. The minimum atomic E-state index is -3.69. The van der Waals surface area contributed by atoms with Crippen LogP contribution in [0.1, 0.15) is 22.3 Å². The minimum absolute atomic E-state index is 0.160. The lowest BCUT2D eigenvalue weighted by Gasteiger charge is -2.13. The van der Waals surface area contributed by atoms with E-state index in [2.05, 4.69) is 37.4 Å². The molecular weight excluding hydrogens is 284 g/mol. The molecular formula is C16H20N2O2S. The Morgan fingerprint density at radius 3 is 2.38 bits per heavy atom. The number of rotatable bonds is 4. The maximum Gasteiger partial charge on any atom is 0.238 e. The molecule has 0 bridgehead atoms. The molecule has 0 atom stereocenters. The van der Waals surface area contributed by atoms with Crippen LogP contribution in [0.4, 0.5) is 5.69 Å². The van der Waals surface area contributed by atoms with Crippen molar-refractivity contribution in [1.29, 1.82) is 0 Å². The van der Waals surface area contributed by atoms with Crippen LogP contribution in [-0.2, 0) is 16.6 Å². The Balaban J connectivity index is 2.23. The standard InChI is InChI=1S/C16H20N2O2S/c1-11-7-8-14(9-12(11)2)10-18-15-5-4-6-16(13(15)3)21(17,19)20/h4-9,18H,10H2,1-3H3,(H2,17,19,20). The molecule has 0 heterocycles. The van der Waals surface area contributed by atoms with E-state index in [1.165, 1.54) is 17.2 Å². The first-order valence-corrected chi connectivity index (χ1v) is 8.26. The molecule has 3 N–H and O–H groups in total. The first-order valence-electron chi connectivity index (χ1n) is 6.71. The van der Waals surface area contributed by atoms with Gasteiger partial charge < -0.3 is 5.32 Å². The van der Waals surface area contributed by atoms with Crippen molar-refractivity contribution in [2.24, 2.45) is 5.14 Å². The third-order valence-corrected chi connectivity index (χ3v) is 4.70. The van der Waals surface area contributed by atoms with E-state index in [1.54, 1.807) is 13.0 Å². The van der Waals surface area contributed by atoms with Gasteiger partial charge in [-0.3, -0.25) is 0 Å². The van der Waals surface area contributed by atoms with E-state index < -0.39 is 10.0 Å². The van der Waals surface area contributed by atoms with Gasteiger partial charge in [0.2, 0.25) is 10.0 Å². The second kappa shape index (κ2) is 5.87. The van der Waals surface area contributed by atoms with Crippen LogP contribution in [0.15, 0.2) is 41.3 Å². The number of nitrogens with two attached hydrogens (primary N) is 1. The second-order valence-electron chi connectivity index (χ2n) is 5.25. The van der Waals surface area contributed by atoms with Gasteiger partial charge in [0.15, 0.2) is 0 Å². The molecule has 0 aliphatic heterocycles. The Kier molecular flexibility index (Phi) is 4.34. The number of aryl methyl sites for hydroxylation is 2. The van der Waals surface area contributed by atoms with Gasteiger partial charge in [-0.15, -0.1) is 0 Å². The zero-order chi connectivity index (χ0) is 15.6. The molecule has 0 saturated heterocycles. The van der Waals surface area contributed by atoms with Crippen LogP contribution in [0.5, 0.6) is 0 Å². The van der Waals surface area contributed by atoms with Crippen molar-refractivity contribution in [1.82, 2.24) is 0 Å². The van der Waals surface area contributed by atoms with E-state index in [9.17, 15) is 8.42 Å². The molecule has 0 radical (unpaired) electrons. The molecule has 0 fully saturated rings. The molecule has 2 aromatic rings. The fraction of sp³-hybridized carbons (Fsp3) is 0.250. The van der Waals surface area contributed by atoms with Crippen LogP contribution >= 0.6 is 0 Å². The summed E-state index contributed by atoms with van der Waals surface area (Å²) in [5, 5.41) is 8.48. The second-order valence-corrected chi connectivity index (χ2v) is 6.78. The van der Waals surface area contributed by atoms with Gasteiger partial charge in [0.1, 0.15) is 0 Å². The molecule has 2 aromatic carbocycles. The molecule has 0 spiro atoms. The first kappa shape index (κ1) is 15.5.